The molecule has 2 rings (SSSR count). The maximum atomic E-state index is 3.56. The van der Waals surface area contributed by atoms with E-state index < -0.39 is 0 Å². The van der Waals surface area contributed by atoms with E-state index in [9.17, 15) is 0 Å². The largest absolute Gasteiger partial charge is 0.348 e. The molecule has 1 heteroatoms. The highest BCUT2D eigenvalue weighted by Gasteiger charge is 2.06. The number of hydrogen-bond acceptors (Lipinski definition) is 1. The van der Waals surface area contributed by atoms with Crippen LogP contribution in [0.15, 0.2) is 85.1 Å². The maximum Gasteiger partial charge on any atom is 0.0405 e. The van der Waals surface area contributed by atoms with Crippen LogP contribution in [0.5, 0.6) is 0 Å². The lowest BCUT2D eigenvalue weighted by Crippen LogP contribution is -2.15. The fourth-order valence-corrected chi connectivity index (χ4v) is 2.21. The second-order valence-corrected chi connectivity index (χ2v) is 5.69. The van der Waals surface area contributed by atoms with E-state index in [0.29, 0.717) is 0 Å². The fraction of sp³-hybridized carbons (Fsp3) is 0.273. The van der Waals surface area contributed by atoms with Gasteiger partial charge in [0.15, 0.2) is 0 Å². The van der Waals surface area contributed by atoms with Gasteiger partial charge in [-0.3, -0.25) is 0 Å². The van der Waals surface area contributed by atoms with Crippen molar-refractivity contribution in [2.45, 2.75) is 33.1 Å². The lowest BCUT2D eigenvalue weighted by atomic mass is 10.2. The van der Waals surface area contributed by atoms with Crippen molar-refractivity contribution in [2.75, 3.05) is 11.9 Å². The first-order valence-corrected chi connectivity index (χ1v) is 8.14. The Balaban J connectivity index is 0.000000322. The Morgan fingerprint density at radius 1 is 1.09 bits per heavy atom. The third-order valence-electron chi connectivity index (χ3n) is 3.76. The van der Waals surface area contributed by atoms with E-state index in [2.05, 4.69) is 74.5 Å². The highest BCUT2D eigenvalue weighted by atomic mass is 15.1. The van der Waals surface area contributed by atoms with Crippen LogP contribution >= 0.6 is 0 Å². The van der Waals surface area contributed by atoms with Crippen LogP contribution in [-0.2, 0) is 0 Å². The monoisotopic (exact) mass is 307 g/mol. The molecule has 0 heterocycles. The number of benzene rings is 1. The molecular formula is C22H29N. The second-order valence-electron chi connectivity index (χ2n) is 5.69. The van der Waals surface area contributed by atoms with Gasteiger partial charge in [-0.25, -0.2) is 0 Å². The van der Waals surface area contributed by atoms with Crippen LogP contribution in [0.1, 0.15) is 31.7 Å². The first-order valence-electron chi connectivity index (χ1n) is 8.14. The van der Waals surface area contributed by atoms with E-state index in [0.717, 1.165) is 18.4 Å². The van der Waals surface area contributed by atoms with E-state index in [1.165, 1.54) is 23.4 Å². The number of anilines is 1. The van der Waals surface area contributed by atoms with E-state index in [1.807, 2.05) is 13.0 Å². The topological polar surface area (TPSA) is 3.24 Å². The highest BCUT2D eigenvalue weighted by Crippen LogP contribution is 2.22. The summed E-state index contributed by atoms with van der Waals surface area (Å²) in [6.45, 7) is 11.2. The van der Waals surface area contributed by atoms with Crippen molar-refractivity contribution in [3.63, 3.8) is 0 Å². The number of allylic oxidation sites excluding steroid dienone is 7. The van der Waals surface area contributed by atoms with Crippen molar-refractivity contribution in [3.05, 3.63) is 90.7 Å². The summed E-state index contributed by atoms with van der Waals surface area (Å²) in [5.74, 6) is 0. The molecular weight excluding hydrogens is 278 g/mol. The normalized spacial score (nSPS) is 14.0. The lowest BCUT2D eigenvalue weighted by Gasteiger charge is -2.22. The molecule has 0 aromatic heterocycles. The standard InChI is InChI=1S/C15H19N.C7H10/c1-13-9-11-15(12-10-13)16(2)14-7-5-3-4-6-8-14;1-4-6-7(3)5-2/h3,5,8-12H,4,6-7H2,1-2H3;4-6H,1-2H2,3H3/b;7-6-. The minimum absolute atomic E-state index is 1.05. The summed E-state index contributed by atoms with van der Waals surface area (Å²) >= 11 is 0. The van der Waals surface area contributed by atoms with Crippen LogP contribution in [0.4, 0.5) is 5.69 Å². The average molecular weight is 307 g/mol. The predicted octanol–water partition coefficient (Wildman–Crippen LogP) is 6.36. The van der Waals surface area contributed by atoms with Crippen LogP contribution in [-0.4, -0.2) is 7.05 Å². The molecule has 0 radical (unpaired) electrons. The molecule has 1 aliphatic rings. The summed E-state index contributed by atoms with van der Waals surface area (Å²) in [5.41, 5.74) is 5.13. The van der Waals surface area contributed by atoms with Gasteiger partial charge in [-0.2, -0.15) is 0 Å². The van der Waals surface area contributed by atoms with Crippen molar-refractivity contribution < 1.29 is 0 Å². The van der Waals surface area contributed by atoms with E-state index in [1.54, 1.807) is 12.2 Å². The molecule has 0 bridgehead atoms. The Morgan fingerprint density at radius 3 is 2.35 bits per heavy atom. The van der Waals surface area contributed by atoms with Gasteiger partial charge in [-0.1, -0.05) is 72.9 Å². The van der Waals surface area contributed by atoms with E-state index >= 15 is 0 Å². The molecule has 0 saturated carbocycles. The molecule has 122 valence electrons. The van der Waals surface area contributed by atoms with Crippen LogP contribution in [0.2, 0.25) is 0 Å². The molecule has 0 fully saturated rings. The van der Waals surface area contributed by atoms with Crippen LogP contribution < -0.4 is 4.90 Å². The predicted molar refractivity (Wildman–Crippen MR) is 105 cm³/mol. The van der Waals surface area contributed by atoms with Crippen molar-refractivity contribution in [3.8, 4) is 0 Å². The molecule has 1 aliphatic carbocycles. The number of nitrogens with zero attached hydrogens (tertiary/aromatic N) is 1. The summed E-state index contributed by atoms with van der Waals surface area (Å²) in [6.07, 6.45) is 15.7. The Kier molecular flexibility index (Phi) is 8.52. The fourth-order valence-electron chi connectivity index (χ4n) is 2.21. The van der Waals surface area contributed by atoms with Gasteiger partial charge in [0.1, 0.15) is 0 Å². The van der Waals surface area contributed by atoms with Crippen molar-refractivity contribution >= 4 is 5.69 Å². The Hall–Kier alpha value is -2.28. The van der Waals surface area contributed by atoms with Crippen molar-refractivity contribution in [1.82, 2.24) is 0 Å². The molecule has 0 aliphatic heterocycles. The number of hydrogen-bond donors (Lipinski definition) is 0. The molecule has 0 spiro atoms. The molecule has 0 amide bonds. The highest BCUT2D eigenvalue weighted by molar-refractivity contribution is 5.52. The van der Waals surface area contributed by atoms with Crippen LogP contribution in [0.25, 0.3) is 0 Å². The van der Waals surface area contributed by atoms with E-state index in [-0.39, 0.29) is 0 Å². The molecule has 23 heavy (non-hydrogen) atoms. The Morgan fingerprint density at radius 2 is 1.78 bits per heavy atom. The average Bonchev–Trinajstić information content (AvgIpc) is 2.85. The van der Waals surface area contributed by atoms with Gasteiger partial charge in [-0.15, -0.1) is 0 Å². The first kappa shape index (κ1) is 18.8. The molecule has 0 saturated heterocycles. The van der Waals surface area contributed by atoms with Crippen molar-refractivity contribution in [1.29, 1.82) is 0 Å². The minimum atomic E-state index is 1.05. The summed E-state index contributed by atoms with van der Waals surface area (Å²) in [6, 6.07) is 8.70. The quantitative estimate of drug-likeness (QED) is 0.462. The van der Waals surface area contributed by atoms with Gasteiger partial charge in [0.05, 0.1) is 0 Å². The maximum absolute atomic E-state index is 3.56. The SMILES string of the molecule is C=C/C=C(/C)C=C.Cc1ccc(N(C)C2=CCCC=CC2)cc1. The molecule has 0 atom stereocenters. The van der Waals surface area contributed by atoms with E-state index in [4.69, 9.17) is 0 Å². The summed E-state index contributed by atoms with van der Waals surface area (Å²) in [4.78, 5) is 2.29. The van der Waals surface area contributed by atoms with Gasteiger partial charge in [-0.05, 0) is 38.8 Å². The zero-order chi connectivity index (χ0) is 17.1. The van der Waals surface area contributed by atoms with Gasteiger partial charge in [0.25, 0.3) is 0 Å². The van der Waals surface area contributed by atoms with Gasteiger partial charge < -0.3 is 4.90 Å². The molecule has 1 nitrogen and oxygen atoms in total. The first-order chi connectivity index (χ1) is 11.1. The zero-order valence-corrected chi connectivity index (χ0v) is 14.8. The number of rotatable bonds is 4. The third kappa shape index (κ3) is 7.01. The molecule has 1 aromatic rings. The third-order valence-corrected chi connectivity index (χ3v) is 3.76. The molecule has 0 N–H and O–H groups in total. The zero-order valence-electron chi connectivity index (χ0n) is 14.8. The van der Waals surface area contributed by atoms with Gasteiger partial charge in [0.2, 0.25) is 0 Å². The molecule has 0 unspecified atom stereocenters. The summed E-state index contributed by atoms with van der Waals surface area (Å²) in [7, 11) is 2.15. The van der Waals surface area contributed by atoms with Gasteiger partial charge >= 0.3 is 0 Å². The summed E-state index contributed by atoms with van der Waals surface area (Å²) < 4.78 is 0. The van der Waals surface area contributed by atoms with Crippen LogP contribution in [0, 0.1) is 6.92 Å². The minimum Gasteiger partial charge on any atom is -0.348 e. The second kappa shape index (κ2) is 10.4. The van der Waals surface area contributed by atoms with Crippen LogP contribution in [0.3, 0.4) is 0 Å². The lowest BCUT2D eigenvalue weighted by molar-refractivity contribution is 0.996. The summed E-state index contributed by atoms with van der Waals surface area (Å²) in [5, 5.41) is 0. The Bertz CT molecular complexity index is 585. The Labute approximate surface area is 142 Å². The molecule has 1 aromatic carbocycles. The number of aryl methyl sites for hydroxylation is 1. The van der Waals surface area contributed by atoms with Crippen molar-refractivity contribution in [2.24, 2.45) is 0 Å². The van der Waals surface area contributed by atoms with Gasteiger partial charge in [0, 0.05) is 24.9 Å². The smallest absolute Gasteiger partial charge is 0.0405 e.